The SMILES string of the molecule is CC1CN=C(NCc2ccc(F)cc2F)S1. The van der Waals surface area contributed by atoms with Crippen molar-refractivity contribution in [1.29, 1.82) is 0 Å². The van der Waals surface area contributed by atoms with E-state index in [1.54, 1.807) is 11.8 Å². The van der Waals surface area contributed by atoms with Gasteiger partial charge in [-0.15, -0.1) is 0 Å². The monoisotopic (exact) mass is 242 g/mol. The number of nitrogens with one attached hydrogen (secondary N) is 1. The van der Waals surface area contributed by atoms with Gasteiger partial charge in [0, 0.05) is 23.4 Å². The molecule has 1 aromatic carbocycles. The molecule has 0 fully saturated rings. The molecular formula is C11H12F2N2S. The van der Waals surface area contributed by atoms with E-state index in [9.17, 15) is 8.78 Å². The Balaban J connectivity index is 1.95. The summed E-state index contributed by atoms with van der Waals surface area (Å²) in [5.74, 6) is -1.08. The summed E-state index contributed by atoms with van der Waals surface area (Å²) in [6.45, 7) is 3.21. The van der Waals surface area contributed by atoms with Gasteiger partial charge in [0.15, 0.2) is 5.17 Å². The summed E-state index contributed by atoms with van der Waals surface area (Å²) in [5.41, 5.74) is 0.448. The lowest BCUT2D eigenvalue weighted by Crippen LogP contribution is -2.19. The molecule has 1 aliphatic heterocycles. The standard InChI is InChI=1S/C11H12F2N2S/c1-7-5-14-11(16-7)15-6-8-2-3-9(12)4-10(8)13/h2-4,7H,5-6H2,1H3,(H,14,15). The van der Waals surface area contributed by atoms with E-state index < -0.39 is 11.6 Å². The minimum Gasteiger partial charge on any atom is -0.361 e. The Kier molecular flexibility index (Phi) is 3.43. The smallest absolute Gasteiger partial charge is 0.157 e. The maximum Gasteiger partial charge on any atom is 0.157 e. The van der Waals surface area contributed by atoms with E-state index in [4.69, 9.17) is 0 Å². The van der Waals surface area contributed by atoms with Crippen LogP contribution in [0.2, 0.25) is 0 Å². The van der Waals surface area contributed by atoms with Gasteiger partial charge in [-0.1, -0.05) is 24.8 Å². The minimum atomic E-state index is -0.553. The van der Waals surface area contributed by atoms with E-state index in [0.717, 1.165) is 17.8 Å². The molecule has 2 nitrogen and oxygen atoms in total. The zero-order valence-corrected chi connectivity index (χ0v) is 9.65. The summed E-state index contributed by atoms with van der Waals surface area (Å²) < 4.78 is 25.9. The molecule has 1 unspecified atom stereocenters. The second-order valence-corrected chi connectivity index (χ2v) is 5.09. The molecule has 0 amide bonds. The molecule has 0 bridgehead atoms. The van der Waals surface area contributed by atoms with E-state index in [2.05, 4.69) is 17.2 Å². The van der Waals surface area contributed by atoms with Gasteiger partial charge in [0.05, 0.1) is 6.54 Å². The first-order valence-electron chi connectivity index (χ1n) is 5.04. The third-order valence-corrected chi connectivity index (χ3v) is 3.30. The summed E-state index contributed by atoms with van der Waals surface area (Å²) in [6, 6.07) is 3.59. The molecule has 2 rings (SSSR count). The van der Waals surface area contributed by atoms with Crippen LogP contribution in [0.15, 0.2) is 23.2 Å². The zero-order valence-electron chi connectivity index (χ0n) is 8.84. The Morgan fingerprint density at radius 3 is 2.94 bits per heavy atom. The second-order valence-electron chi connectivity index (χ2n) is 3.66. The van der Waals surface area contributed by atoms with Gasteiger partial charge < -0.3 is 5.32 Å². The summed E-state index contributed by atoms with van der Waals surface area (Å²) in [4.78, 5) is 4.25. The van der Waals surface area contributed by atoms with Crippen LogP contribution >= 0.6 is 11.8 Å². The topological polar surface area (TPSA) is 24.4 Å². The van der Waals surface area contributed by atoms with Gasteiger partial charge in [0.2, 0.25) is 0 Å². The number of amidine groups is 1. The van der Waals surface area contributed by atoms with Gasteiger partial charge >= 0.3 is 0 Å². The molecular weight excluding hydrogens is 230 g/mol. The lowest BCUT2D eigenvalue weighted by Gasteiger charge is -2.06. The molecule has 1 aliphatic rings. The van der Waals surface area contributed by atoms with Gasteiger partial charge in [-0.25, -0.2) is 8.78 Å². The highest BCUT2D eigenvalue weighted by Gasteiger charge is 2.14. The number of rotatable bonds is 2. The van der Waals surface area contributed by atoms with E-state index in [0.29, 0.717) is 17.4 Å². The Labute approximate surface area is 97.1 Å². The molecule has 1 atom stereocenters. The molecule has 5 heteroatoms. The number of hydrogen-bond donors (Lipinski definition) is 1. The molecule has 0 spiro atoms. The second kappa shape index (κ2) is 4.82. The van der Waals surface area contributed by atoms with E-state index in [1.165, 1.54) is 12.1 Å². The van der Waals surface area contributed by atoms with Crippen LogP contribution in [0, 0.1) is 11.6 Å². The van der Waals surface area contributed by atoms with Gasteiger partial charge in [-0.2, -0.15) is 0 Å². The lowest BCUT2D eigenvalue weighted by molar-refractivity contribution is 0.570. The minimum absolute atomic E-state index is 0.338. The molecule has 0 saturated heterocycles. The quantitative estimate of drug-likeness (QED) is 0.862. The average Bonchev–Trinajstić information content (AvgIpc) is 2.63. The number of benzene rings is 1. The first-order valence-corrected chi connectivity index (χ1v) is 5.92. The molecule has 0 saturated carbocycles. The van der Waals surface area contributed by atoms with Crippen LogP contribution in [0.25, 0.3) is 0 Å². The van der Waals surface area contributed by atoms with Gasteiger partial charge in [0.1, 0.15) is 11.6 Å². The summed E-state index contributed by atoms with van der Waals surface area (Å²) in [5, 5.41) is 4.34. The normalized spacial score (nSPS) is 19.7. The van der Waals surface area contributed by atoms with Crippen LogP contribution in [0.3, 0.4) is 0 Å². The molecule has 1 N–H and O–H groups in total. The van der Waals surface area contributed by atoms with E-state index in [1.807, 2.05) is 0 Å². The van der Waals surface area contributed by atoms with Crippen molar-refractivity contribution in [2.75, 3.05) is 6.54 Å². The molecule has 16 heavy (non-hydrogen) atoms. The van der Waals surface area contributed by atoms with E-state index in [-0.39, 0.29) is 0 Å². The molecule has 86 valence electrons. The number of nitrogens with zero attached hydrogens (tertiary/aromatic N) is 1. The molecule has 0 radical (unpaired) electrons. The van der Waals surface area contributed by atoms with Gasteiger partial charge in [-0.05, 0) is 6.07 Å². The average molecular weight is 242 g/mol. The van der Waals surface area contributed by atoms with Crippen LogP contribution in [0.4, 0.5) is 8.78 Å². The van der Waals surface area contributed by atoms with Gasteiger partial charge in [-0.3, -0.25) is 4.99 Å². The van der Waals surface area contributed by atoms with Crippen molar-refractivity contribution < 1.29 is 8.78 Å². The highest BCUT2D eigenvalue weighted by Crippen LogP contribution is 2.19. The summed E-state index contributed by atoms with van der Waals surface area (Å²) >= 11 is 1.64. The predicted octanol–water partition coefficient (Wildman–Crippen LogP) is 2.55. The first kappa shape index (κ1) is 11.4. The van der Waals surface area contributed by atoms with Crippen molar-refractivity contribution in [2.24, 2.45) is 4.99 Å². The predicted molar refractivity (Wildman–Crippen MR) is 62.6 cm³/mol. The van der Waals surface area contributed by atoms with Crippen molar-refractivity contribution in [3.8, 4) is 0 Å². The van der Waals surface area contributed by atoms with Crippen LogP contribution in [0.5, 0.6) is 0 Å². The highest BCUT2D eigenvalue weighted by molar-refractivity contribution is 8.14. The van der Waals surface area contributed by atoms with Crippen molar-refractivity contribution in [2.45, 2.75) is 18.7 Å². The Bertz CT molecular complexity index is 420. The molecule has 1 aromatic rings. The van der Waals surface area contributed by atoms with Gasteiger partial charge in [0.25, 0.3) is 0 Å². The first-order chi connectivity index (χ1) is 7.65. The zero-order chi connectivity index (χ0) is 11.5. The number of aliphatic imine (C=N–C) groups is 1. The van der Waals surface area contributed by atoms with Crippen LogP contribution in [-0.2, 0) is 6.54 Å². The number of halogens is 2. The van der Waals surface area contributed by atoms with Crippen LogP contribution in [-0.4, -0.2) is 17.0 Å². The highest BCUT2D eigenvalue weighted by atomic mass is 32.2. The maximum absolute atomic E-state index is 13.3. The molecule has 1 heterocycles. The molecule has 0 aromatic heterocycles. The number of hydrogen-bond acceptors (Lipinski definition) is 3. The fraction of sp³-hybridized carbons (Fsp3) is 0.364. The largest absolute Gasteiger partial charge is 0.361 e. The Hall–Kier alpha value is -1.10. The van der Waals surface area contributed by atoms with Crippen LogP contribution < -0.4 is 5.32 Å². The van der Waals surface area contributed by atoms with Crippen molar-refractivity contribution in [3.63, 3.8) is 0 Å². The summed E-state index contributed by atoms with van der Waals surface area (Å²) in [6.07, 6.45) is 0. The van der Waals surface area contributed by atoms with Crippen molar-refractivity contribution in [1.82, 2.24) is 5.32 Å². The van der Waals surface area contributed by atoms with Crippen LogP contribution in [0.1, 0.15) is 12.5 Å². The third kappa shape index (κ3) is 2.72. The lowest BCUT2D eigenvalue weighted by atomic mass is 10.2. The maximum atomic E-state index is 13.3. The summed E-state index contributed by atoms with van der Waals surface area (Å²) in [7, 11) is 0. The van der Waals surface area contributed by atoms with E-state index >= 15 is 0 Å². The fourth-order valence-electron chi connectivity index (χ4n) is 1.41. The van der Waals surface area contributed by atoms with Crippen molar-refractivity contribution >= 4 is 16.9 Å². The Morgan fingerprint density at radius 1 is 1.50 bits per heavy atom. The van der Waals surface area contributed by atoms with Crippen molar-refractivity contribution in [3.05, 3.63) is 35.4 Å². The number of thioether (sulfide) groups is 1. The third-order valence-electron chi connectivity index (χ3n) is 2.25. The fourth-order valence-corrected chi connectivity index (χ4v) is 2.24. The Morgan fingerprint density at radius 2 is 2.31 bits per heavy atom. The molecule has 0 aliphatic carbocycles.